The predicted molar refractivity (Wildman–Crippen MR) is 104 cm³/mol. The van der Waals surface area contributed by atoms with Gasteiger partial charge in [-0.2, -0.15) is 0 Å². The summed E-state index contributed by atoms with van der Waals surface area (Å²) in [6.07, 6.45) is 3.28. The van der Waals surface area contributed by atoms with Gasteiger partial charge in [-0.25, -0.2) is 13.8 Å². The number of para-hydroxylation sites is 1. The zero-order chi connectivity index (χ0) is 19.7. The third-order valence-electron chi connectivity index (χ3n) is 4.50. The molecule has 2 heterocycles. The summed E-state index contributed by atoms with van der Waals surface area (Å²) in [4.78, 5) is 18.7. The molecule has 2 aromatic carbocycles. The Morgan fingerprint density at radius 1 is 1.11 bits per heavy atom. The lowest BCUT2D eigenvalue weighted by Gasteiger charge is -2.09. The average molecular weight is 378 g/mol. The number of benzene rings is 2. The molecule has 0 bridgehead atoms. The molecule has 0 saturated heterocycles. The Labute approximate surface area is 159 Å². The first-order valence-corrected chi connectivity index (χ1v) is 8.57. The Morgan fingerprint density at radius 2 is 1.89 bits per heavy atom. The van der Waals surface area contributed by atoms with Crippen LogP contribution in [0.25, 0.3) is 11.0 Å². The van der Waals surface area contributed by atoms with E-state index in [0.717, 1.165) is 28.9 Å². The molecular weight excluding hydrogens is 362 g/mol. The molecule has 0 aliphatic carbocycles. The molecule has 0 spiro atoms. The molecule has 2 aromatic heterocycles. The highest BCUT2D eigenvalue weighted by atomic mass is 19.1. The van der Waals surface area contributed by atoms with Crippen LogP contribution >= 0.6 is 0 Å². The van der Waals surface area contributed by atoms with Crippen molar-refractivity contribution in [3.63, 3.8) is 0 Å². The lowest BCUT2D eigenvalue weighted by molar-refractivity contribution is 0.0996. The highest BCUT2D eigenvalue weighted by molar-refractivity contribution is 5.93. The predicted octanol–water partition coefficient (Wildman–Crippen LogP) is 4.27. The molecule has 28 heavy (non-hydrogen) atoms. The van der Waals surface area contributed by atoms with Gasteiger partial charge in [-0.05, 0) is 35.9 Å². The first-order valence-electron chi connectivity index (χ1n) is 8.57. The van der Waals surface area contributed by atoms with Gasteiger partial charge in [-0.1, -0.05) is 18.2 Å². The molecule has 0 radical (unpaired) electrons. The van der Waals surface area contributed by atoms with Gasteiger partial charge in [-0.3, -0.25) is 4.79 Å². The van der Waals surface area contributed by atoms with Crippen molar-refractivity contribution in [1.29, 1.82) is 0 Å². The summed E-state index contributed by atoms with van der Waals surface area (Å²) in [7, 11) is 0. The summed E-state index contributed by atoms with van der Waals surface area (Å²) in [6, 6.07) is 13.5. The van der Waals surface area contributed by atoms with Crippen LogP contribution in [0.1, 0.15) is 21.5 Å². The Hall–Kier alpha value is -3.74. The number of carbonyl (C=O) groups is 1. The molecule has 0 aliphatic rings. The number of hydrogen-bond acceptors (Lipinski definition) is 3. The van der Waals surface area contributed by atoms with Crippen LogP contribution in [0.3, 0.4) is 0 Å². The van der Waals surface area contributed by atoms with Crippen molar-refractivity contribution in [3.05, 3.63) is 89.2 Å². The van der Waals surface area contributed by atoms with Crippen LogP contribution < -0.4 is 11.1 Å². The fourth-order valence-corrected chi connectivity index (χ4v) is 3.10. The Morgan fingerprint density at radius 3 is 2.64 bits per heavy atom. The highest BCUT2D eigenvalue weighted by Gasteiger charge is 2.18. The van der Waals surface area contributed by atoms with Gasteiger partial charge in [0.25, 0.3) is 5.91 Å². The van der Waals surface area contributed by atoms with E-state index >= 15 is 0 Å². The molecule has 0 aliphatic heterocycles. The normalized spacial score (nSPS) is 10.9. The van der Waals surface area contributed by atoms with Gasteiger partial charge in [0.1, 0.15) is 17.3 Å². The number of pyridine rings is 1. The van der Waals surface area contributed by atoms with Crippen molar-refractivity contribution in [2.45, 2.75) is 6.42 Å². The van der Waals surface area contributed by atoms with Gasteiger partial charge in [0, 0.05) is 29.3 Å². The van der Waals surface area contributed by atoms with Crippen molar-refractivity contribution in [2.24, 2.45) is 5.73 Å². The molecule has 1 amide bonds. The molecule has 140 valence electrons. The molecule has 4 rings (SSSR count). The third kappa shape index (κ3) is 3.29. The Bertz CT molecular complexity index is 1170. The lowest BCUT2D eigenvalue weighted by Crippen LogP contribution is -2.15. The van der Waals surface area contributed by atoms with Crippen molar-refractivity contribution >= 4 is 28.3 Å². The van der Waals surface area contributed by atoms with Crippen molar-refractivity contribution < 1.29 is 13.6 Å². The number of fused-ring (bicyclic) bond motifs is 1. The summed E-state index contributed by atoms with van der Waals surface area (Å²) in [6.45, 7) is 0. The van der Waals surface area contributed by atoms with Gasteiger partial charge in [0.2, 0.25) is 0 Å². The SMILES string of the molecule is NC(=O)c1ccc(F)c(Cc2c[nH]c3ncc(Nc4ccccc4)cc23)c1F. The van der Waals surface area contributed by atoms with E-state index < -0.39 is 17.5 Å². The molecule has 0 unspecified atom stereocenters. The number of nitrogens with one attached hydrogen (secondary N) is 2. The summed E-state index contributed by atoms with van der Waals surface area (Å²) >= 11 is 0. The van der Waals surface area contributed by atoms with Crippen LogP contribution in [-0.4, -0.2) is 15.9 Å². The number of amides is 1. The maximum absolute atomic E-state index is 14.6. The number of rotatable bonds is 5. The van der Waals surface area contributed by atoms with Crippen LogP contribution in [0.5, 0.6) is 0 Å². The first-order chi connectivity index (χ1) is 13.5. The highest BCUT2D eigenvalue weighted by Crippen LogP contribution is 2.27. The monoisotopic (exact) mass is 378 g/mol. The molecule has 4 N–H and O–H groups in total. The van der Waals surface area contributed by atoms with E-state index in [1.54, 1.807) is 12.4 Å². The number of hydrogen-bond donors (Lipinski definition) is 3. The molecule has 5 nitrogen and oxygen atoms in total. The second-order valence-corrected chi connectivity index (χ2v) is 6.35. The number of H-pyrrole nitrogens is 1. The number of aromatic nitrogens is 2. The van der Waals surface area contributed by atoms with E-state index in [-0.39, 0.29) is 17.5 Å². The number of nitrogens with zero attached hydrogens (tertiary/aromatic N) is 1. The van der Waals surface area contributed by atoms with Gasteiger partial charge < -0.3 is 16.0 Å². The quantitative estimate of drug-likeness (QED) is 0.485. The zero-order valence-electron chi connectivity index (χ0n) is 14.7. The second kappa shape index (κ2) is 7.11. The second-order valence-electron chi connectivity index (χ2n) is 6.35. The van der Waals surface area contributed by atoms with Crippen LogP contribution in [0.4, 0.5) is 20.2 Å². The van der Waals surface area contributed by atoms with Crippen LogP contribution in [0.2, 0.25) is 0 Å². The maximum atomic E-state index is 14.6. The smallest absolute Gasteiger partial charge is 0.251 e. The van der Waals surface area contributed by atoms with E-state index in [9.17, 15) is 13.6 Å². The fraction of sp³-hybridized carbons (Fsp3) is 0.0476. The van der Waals surface area contributed by atoms with E-state index in [1.165, 1.54) is 0 Å². The largest absolute Gasteiger partial charge is 0.366 e. The molecule has 4 aromatic rings. The average Bonchev–Trinajstić information content (AvgIpc) is 3.08. The lowest BCUT2D eigenvalue weighted by atomic mass is 10.0. The number of anilines is 2. The topological polar surface area (TPSA) is 83.8 Å². The molecule has 7 heteroatoms. The van der Waals surface area contributed by atoms with Crippen LogP contribution in [0, 0.1) is 11.6 Å². The van der Waals surface area contributed by atoms with Crippen LogP contribution in [0.15, 0.2) is 60.9 Å². The zero-order valence-corrected chi connectivity index (χ0v) is 14.7. The van der Waals surface area contributed by atoms with Crippen LogP contribution in [-0.2, 0) is 6.42 Å². The third-order valence-corrected chi connectivity index (χ3v) is 4.50. The van der Waals surface area contributed by atoms with E-state index in [2.05, 4.69) is 15.3 Å². The molecular formula is C21H16F2N4O. The van der Waals surface area contributed by atoms with Gasteiger partial charge >= 0.3 is 0 Å². The Kier molecular flexibility index (Phi) is 4.49. The van der Waals surface area contributed by atoms with E-state index in [4.69, 9.17) is 5.73 Å². The fourth-order valence-electron chi connectivity index (χ4n) is 3.10. The minimum atomic E-state index is -0.937. The molecule has 0 fully saturated rings. The number of primary amides is 1. The van der Waals surface area contributed by atoms with Crippen molar-refractivity contribution in [3.8, 4) is 0 Å². The minimum absolute atomic E-state index is 0.0464. The summed E-state index contributed by atoms with van der Waals surface area (Å²) < 4.78 is 28.8. The molecule has 0 saturated carbocycles. The minimum Gasteiger partial charge on any atom is -0.366 e. The molecule has 0 atom stereocenters. The van der Waals surface area contributed by atoms with E-state index in [0.29, 0.717) is 11.2 Å². The number of carbonyl (C=O) groups excluding carboxylic acids is 1. The number of halogens is 2. The summed E-state index contributed by atoms with van der Waals surface area (Å²) in [5.41, 5.74) is 7.51. The Balaban J connectivity index is 1.71. The first kappa shape index (κ1) is 17.7. The van der Waals surface area contributed by atoms with Gasteiger partial charge in [0.15, 0.2) is 0 Å². The maximum Gasteiger partial charge on any atom is 0.251 e. The number of aromatic amines is 1. The van der Waals surface area contributed by atoms with E-state index in [1.807, 2.05) is 36.4 Å². The van der Waals surface area contributed by atoms with Crippen molar-refractivity contribution in [2.75, 3.05) is 5.32 Å². The number of nitrogens with two attached hydrogens (primary N) is 1. The standard InChI is InChI=1S/C21H16F2N4O/c22-18-7-6-15(20(24)28)19(23)17(18)8-12-10-25-21-16(12)9-14(11-26-21)27-13-4-2-1-3-5-13/h1-7,9-11,27H,8H2,(H2,24,28)(H,25,26). The van der Waals surface area contributed by atoms with Gasteiger partial charge in [-0.15, -0.1) is 0 Å². The summed E-state index contributed by atoms with van der Waals surface area (Å²) in [5.74, 6) is -2.61. The van der Waals surface area contributed by atoms with Crippen molar-refractivity contribution in [1.82, 2.24) is 9.97 Å². The van der Waals surface area contributed by atoms with Gasteiger partial charge in [0.05, 0.1) is 17.4 Å². The summed E-state index contributed by atoms with van der Waals surface area (Å²) in [5, 5.41) is 3.96.